The van der Waals surface area contributed by atoms with Crippen molar-refractivity contribution in [3.8, 4) is 0 Å². The highest BCUT2D eigenvalue weighted by Gasteiger charge is 2.14. The van der Waals surface area contributed by atoms with E-state index >= 15 is 0 Å². The van der Waals surface area contributed by atoms with Crippen LogP contribution in [-0.2, 0) is 0 Å². The first-order chi connectivity index (χ1) is 8.18. The van der Waals surface area contributed by atoms with Gasteiger partial charge in [-0.15, -0.1) is 0 Å². The maximum atomic E-state index is 11.9. The Kier molecular flexibility index (Phi) is 3.04. The van der Waals surface area contributed by atoms with Gasteiger partial charge in [0.1, 0.15) is 0 Å². The molecule has 1 atom stereocenters. The van der Waals surface area contributed by atoms with Crippen molar-refractivity contribution < 1.29 is 4.79 Å². The minimum Gasteiger partial charge on any atom is -0.397 e. The maximum absolute atomic E-state index is 11.9. The molecule has 0 bridgehead atoms. The summed E-state index contributed by atoms with van der Waals surface area (Å²) in [5.74, 6) is -0.295. The zero-order valence-corrected chi connectivity index (χ0v) is 9.34. The smallest absolute Gasteiger partial charge is 0.272 e. The van der Waals surface area contributed by atoms with Gasteiger partial charge in [-0.25, -0.2) is 4.98 Å². The lowest BCUT2D eigenvalue weighted by Gasteiger charge is -2.12. The van der Waals surface area contributed by atoms with E-state index in [4.69, 9.17) is 5.73 Å². The van der Waals surface area contributed by atoms with Crippen molar-refractivity contribution in [2.24, 2.45) is 0 Å². The number of nitrogens with zero attached hydrogens (tertiary/aromatic N) is 2. The average molecular weight is 231 g/mol. The van der Waals surface area contributed by atoms with Crippen LogP contribution in [0.25, 0.3) is 0 Å². The second kappa shape index (κ2) is 4.65. The third kappa shape index (κ3) is 2.41. The first-order valence-electron chi connectivity index (χ1n) is 5.18. The molecule has 1 unspecified atom stereocenters. The van der Waals surface area contributed by atoms with E-state index in [0.717, 1.165) is 5.56 Å². The Balaban J connectivity index is 2.10. The van der Waals surface area contributed by atoms with Gasteiger partial charge in [0, 0.05) is 18.0 Å². The summed E-state index contributed by atoms with van der Waals surface area (Å²) in [5, 5.41) is 9.32. The topological polar surface area (TPSA) is 96.7 Å². The Morgan fingerprint density at radius 2 is 2.41 bits per heavy atom. The molecule has 0 spiro atoms. The van der Waals surface area contributed by atoms with E-state index in [2.05, 4.69) is 20.5 Å². The fourth-order valence-corrected chi connectivity index (χ4v) is 1.45. The summed E-state index contributed by atoms with van der Waals surface area (Å²) in [6, 6.07) is 3.18. The number of anilines is 1. The van der Waals surface area contributed by atoms with Crippen LogP contribution in [0.5, 0.6) is 0 Å². The Bertz CT molecular complexity index is 508. The molecule has 4 N–H and O–H groups in total. The lowest BCUT2D eigenvalue weighted by molar-refractivity contribution is 0.0936. The van der Waals surface area contributed by atoms with Gasteiger partial charge in [-0.05, 0) is 19.1 Å². The third-order valence-electron chi connectivity index (χ3n) is 2.42. The first-order valence-corrected chi connectivity index (χ1v) is 5.18. The van der Waals surface area contributed by atoms with Crippen molar-refractivity contribution in [1.82, 2.24) is 20.5 Å². The molecule has 0 saturated heterocycles. The number of carbonyl (C=O) groups is 1. The van der Waals surface area contributed by atoms with Gasteiger partial charge in [0.05, 0.1) is 17.9 Å². The summed E-state index contributed by atoms with van der Waals surface area (Å²) in [5.41, 5.74) is 7.17. The predicted molar refractivity (Wildman–Crippen MR) is 63.1 cm³/mol. The second-order valence-electron chi connectivity index (χ2n) is 3.67. The summed E-state index contributed by atoms with van der Waals surface area (Å²) >= 11 is 0. The number of rotatable bonds is 3. The highest BCUT2D eigenvalue weighted by Crippen LogP contribution is 2.12. The molecule has 6 nitrogen and oxygen atoms in total. The van der Waals surface area contributed by atoms with Crippen molar-refractivity contribution in [3.05, 3.63) is 42.0 Å². The maximum Gasteiger partial charge on any atom is 0.272 e. The third-order valence-corrected chi connectivity index (χ3v) is 2.42. The van der Waals surface area contributed by atoms with Crippen LogP contribution in [0.1, 0.15) is 29.0 Å². The first kappa shape index (κ1) is 11.1. The summed E-state index contributed by atoms with van der Waals surface area (Å²) in [6.07, 6.45) is 4.92. The largest absolute Gasteiger partial charge is 0.397 e. The van der Waals surface area contributed by atoms with Crippen LogP contribution in [0.3, 0.4) is 0 Å². The molecule has 1 amide bonds. The van der Waals surface area contributed by atoms with E-state index in [1.165, 1.54) is 6.20 Å². The summed E-state index contributed by atoms with van der Waals surface area (Å²) in [7, 11) is 0. The van der Waals surface area contributed by atoms with Crippen molar-refractivity contribution in [1.29, 1.82) is 0 Å². The van der Waals surface area contributed by atoms with Crippen LogP contribution in [0.2, 0.25) is 0 Å². The van der Waals surface area contributed by atoms with Gasteiger partial charge >= 0.3 is 0 Å². The quantitative estimate of drug-likeness (QED) is 0.730. The number of amides is 1. The number of nitrogen functional groups attached to an aromatic ring is 1. The van der Waals surface area contributed by atoms with Crippen molar-refractivity contribution in [2.75, 3.05) is 5.73 Å². The van der Waals surface area contributed by atoms with Crippen LogP contribution in [-0.4, -0.2) is 21.1 Å². The van der Waals surface area contributed by atoms with Crippen LogP contribution >= 0.6 is 0 Å². The molecule has 17 heavy (non-hydrogen) atoms. The number of hydrogen-bond acceptors (Lipinski definition) is 4. The molecule has 88 valence electrons. The molecule has 0 aromatic carbocycles. The Hall–Kier alpha value is -2.37. The van der Waals surface area contributed by atoms with Gasteiger partial charge in [-0.3, -0.25) is 9.89 Å². The van der Waals surface area contributed by atoms with Gasteiger partial charge < -0.3 is 11.1 Å². The molecule has 6 heteroatoms. The fraction of sp³-hybridized carbons (Fsp3) is 0.182. The molecule has 0 radical (unpaired) electrons. The van der Waals surface area contributed by atoms with Crippen molar-refractivity contribution >= 4 is 11.6 Å². The van der Waals surface area contributed by atoms with Gasteiger partial charge in [-0.2, -0.15) is 5.10 Å². The SMILES string of the molecule is CC(NC(=O)c1ncccc1N)c1cn[nH]c1. The van der Waals surface area contributed by atoms with E-state index in [-0.39, 0.29) is 17.6 Å². The van der Waals surface area contributed by atoms with Crippen molar-refractivity contribution in [3.63, 3.8) is 0 Å². The normalized spacial score (nSPS) is 12.1. The predicted octanol–water partition coefficient (Wildman–Crippen LogP) is 0.878. The van der Waals surface area contributed by atoms with Crippen LogP contribution < -0.4 is 11.1 Å². The molecule has 2 rings (SSSR count). The molecular weight excluding hydrogens is 218 g/mol. The minimum absolute atomic E-state index is 0.150. The van der Waals surface area contributed by atoms with Crippen molar-refractivity contribution in [2.45, 2.75) is 13.0 Å². The number of carbonyl (C=O) groups excluding carboxylic acids is 1. The number of nitrogens with one attached hydrogen (secondary N) is 2. The fourth-order valence-electron chi connectivity index (χ4n) is 1.45. The van der Waals surface area contributed by atoms with E-state index in [9.17, 15) is 4.79 Å². The van der Waals surface area contributed by atoms with Gasteiger partial charge in [0.2, 0.25) is 0 Å². The molecule has 0 aliphatic rings. The number of aromatic amines is 1. The Morgan fingerprint density at radius 3 is 3.06 bits per heavy atom. The summed E-state index contributed by atoms with van der Waals surface area (Å²) < 4.78 is 0. The van der Waals surface area contributed by atoms with Crippen LogP contribution in [0, 0.1) is 0 Å². The lowest BCUT2D eigenvalue weighted by Crippen LogP contribution is -2.28. The number of pyridine rings is 1. The number of H-pyrrole nitrogens is 1. The number of nitrogens with two attached hydrogens (primary N) is 1. The van der Waals surface area contributed by atoms with Gasteiger partial charge in [0.25, 0.3) is 5.91 Å². The zero-order chi connectivity index (χ0) is 12.3. The second-order valence-corrected chi connectivity index (χ2v) is 3.67. The summed E-state index contributed by atoms with van der Waals surface area (Å²) in [4.78, 5) is 15.8. The highest BCUT2D eigenvalue weighted by molar-refractivity contribution is 5.97. The molecule has 2 aromatic rings. The molecule has 0 aliphatic heterocycles. The molecule has 0 saturated carbocycles. The molecular formula is C11H13N5O. The standard InChI is InChI=1S/C11H13N5O/c1-7(8-5-14-15-6-8)16-11(17)10-9(12)3-2-4-13-10/h2-7H,12H2,1H3,(H,14,15)(H,16,17). The summed E-state index contributed by atoms with van der Waals surface area (Å²) in [6.45, 7) is 1.86. The van der Waals surface area contributed by atoms with E-state index in [1.54, 1.807) is 24.5 Å². The van der Waals surface area contributed by atoms with Gasteiger partial charge in [0.15, 0.2) is 5.69 Å². The van der Waals surface area contributed by atoms with E-state index in [0.29, 0.717) is 5.69 Å². The number of aromatic nitrogens is 3. The van der Waals surface area contributed by atoms with E-state index in [1.807, 2.05) is 6.92 Å². The average Bonchev–Trinajstić information content (AvgIpc) is 2.82. The molecule has 2 aromatic heterocycles. The number of hydrogen-bond donors (Lipinski definition) is 3. The Morgan fingerprint density at radius 1 is 1.59 bits per heavy atom. The van der Waals surface area contributed by atoms with Crippen LogP contribution in [0.15, 0.2) is 30.7 Å². The van der Waals surface area contributed by atoms with Gasteiger partial charge in [-0.1, -0.05) is 0 Å². The van der Waals surface area contributed by atoms with Crippen LogP contribution in [0.4, 0.5) is 5.69 Å². The highest BCUT2D eigenvalue weighted by atomic mass is 16.1. The molecule has 0 fully saturated rings. The lowest BCUT2D eigenvalue weighted by atomic mass is 10.2. The minimum atomic E-state index is -0.295. The van der Waals surface area contributed by atoms with E-state index < -0.39 is 0 Å². The molecule has 2 heterocycles. The monoisotopic (exact) mass is 231 g/mol. The Labute approximate surface area is 98.3 Å². The zero-order valence-electron chi connectivity index (χ0n) is 9.34. The molecule has 0 aliphatic carbocycles.